The fourth-order valence-corrected chi connectivity index (χ4v) is 3.38. The lowest BCUT2D eigenvalue weighted by Crippen LogP contribution is -2.22. The molecule has 7 heteroatoms. The molecule has 5 nitrogen and oxygen atoms in total. The molecule has 1 aliphatic carbocycles. The molecule has 0 spiro atoms. The molecule has 1 atom stereocenters. The predicted molar refractivity (Wildman–Crippen MR) is 103 cm³/mol. The highest BCUT2D eigenvalue weighted by Crippen LogP contribution is 2.32. The van der Waals surface area contributed by atoms with Gasteiger partial charge in [0, 0.05) is 23.2 Å². The fraction of sp³-hybridized carbons (Fsp3) is 0.143. The Hall–Kier alpha value is -3.12. The minimum absolute atomic E-state index is 0.0637. The minimum atomic E-state index is -0.367. The third-order valence-electron chi connectivity index (χ3n) is 4.71. The lowest BCUT2D eigenvalue weighted by atomic mass is 9.82. The number of hydrogen-bond donors (Lipinski definition) is 1. The van der Waals surface area contributed by atoms with Crippen molar-refractivity contribution in [3.63, 3.8) is 0 Å². The van der Waals surface area contributed by atoms with Crippen molar-refractivity contribution in [3.8, 4) is 0 Å². The summed E-state index contributed by atoms with van der Waals surface area (Å²) in [5.74, 6) is -0.706. The molecule has 1 aromatic heterocycles. The molecule has 0 bridgehead atoms. The van der Waals surface area contributed by atoms with Crippen molar-refractivity contribution >= 4 is 29.2 Å². The van der Waals surface area contributed by atoms with Gasteiger partial charge in [-0.3, -0.25) is 14.9 Å². The van der Waals surface area contributed by atoms with Crippen molar-refractivity contribution in [2.24, 2.45) is 0 Å². The van der Waals surface area contributed by atoms with Crippen LogP contribution in [0.3, 0.4) is 0 Å². The Kier molecular flexibility index (Phi) is 4.88. The molecule has 0 aliphatic heterocycles. The van der Waals surface area contributed by atoms with E-state index in [4.69, 9.17) is 11.6 Å². The number of aromatic nitrogens is 2. The molecule has 1 amide bonds. The Balaban J connectivity index is 1.56. The zero-order valence-electron chi connectivity index (χ0n) is 14.7. The number of amides is 1. The Morgan fingerprint density at radius 2 is 1.79 bits per heavy atom. The summed E-state index contributed by atoms with van der Waals surface area (Å²) in [5, 5.41) is 3.17. The van der Waals surface area contributed by atoms with Gasteiger partial charge in [0.25, 0.3) is 5.91 Å². The van der Waals surface area contributed by atoms with Crippen LogP contribution in [0.25, 0.3) is 0 Å². The van der Waals surface area contributed by atoms with E-state index in [1.54, 1.807) is 36.4 Å². The molecule has 0 saturated heterocycles. The SMILES string of the molecule is O=C(Nc1ncc2c(n1)C[C@H](c1ccc(F)cc1)CC2=O)c1ccc(Cl)cc1. The molecule has 1 heterocycles. The Morgan fingerprint density at radius 1 is 1.07 bits per heavy atom. The summed E-state index contributed by atoms with van der Waals surface area (Å²) >= 11 is 5.83. The van der Waals surface area contributed by atoms with Gasteiger partial charge in [0.1, 0.15) is 5.82 Å². The van der Waals surface area contributed by atoms with Crippen LogP contribution in [-0.4, -0.2) is 21.7 Å². The van der Waals surface area contributed by atoms with Crippen LogP contribution in [0.15, 0.2) is 54.7 Å². The summed E-state index contributed by atoms with van der Waals surface area (Å²) in [5.41, 5.74) is 2.34. The summed E-state index contributed by atoms with van der Waals surface area (Å²) < 4.78 is 13.2. The number of carbonyl (C=O) groups is 2. The van der Waals surface area contributed by atoms with Crippen LogP contribution in [0.2, 0.25) is 5.02 Å². The van der Waals surface area contributed by atoms with Crippen LogP contribution in [0.4, 0.5) is 10.3 Å². The number of halogens is 2. The highest BCUT2D eigenvalue weighted by molar-refractivity contribution is 6.30. The predicted octanol–water partition coefficient (Wildman–Crippen LogP) is 4.43. The van der Waals surface area contributed by atoms with Gasteiger partial charge < -0.3 is 0 Å². The third-order valence-corrected chi connectivity index (χ3v) is 4.96. The normalized spacial score (nSPS) is 15.8. The molecular formula is C21H15ClFN3O2. The van der Waals surface area contributed by atoms with Crippen molar-refractivity contribution in [1.29, 1.82) is 0 Å². The lowest BCUT2D eigenvalue weighted by Gasteiger charge is -2.23. The third kappa shape index (κ3) is 3.77. The number of Topliss-reactive ketones (excluding diaryl/α,β-unsaturated/α-hetero) is 1. The van der Waals surface area contributed by atoms with Crippen LogP contribution >= 0.6 is 11.6 Å². The standard InChI is InChI=1S/C21H15ClFN3O2/c22-15-5-1-13(2-6-15)20(28)26-21-24-11-17-18(25-21)9-14(10-19(17)27)12-3-7-16(23)8-4-12/h1-8,11,14H,9-10H2,(H,24,25,26,28)/t14-/m0/s1. The molecule has 2 aromatic carbocycles. The average Bonchev–Trinajstić information content (AvgIpc) is 2.68. The Bertz CT molecular complexity index is 1050. The van der Waals surface area contributed by atoms with Gasteiger partial charge in [-0.2, -0.15) is 0 Å². The molecule has 140 valence electrons. The molecule has 0 saturated carbocycles. The first kappa shape index (κ1) is 18.3. The zero-order valence-corrected chi connectivity index (χ0v) is 15.4. The monoisotopic (exact) mass is 395 g/mol. The van der Waals surface area contributed by atoms with Crippen LogP contribution < -0.4 is 5.32 Å². The lowest BCUT2D eigenvalue weighted by molar-refractivity contribution is 0.0962. The van der Waals surface area contributed by atoms with E-state index in [2.05, 4.69) is 15.3 Å². The van der Waals surface area contributed by atoms with Crippen molar-refractivity contribution in [2.45, 2.75) is 18.8 Å². The van der Waals surface area contributed by atoms with Gasteiger partial charge in [-0.1, -0.05) is 23.7 Å². The number of rotatable bonds is 3. The second kappa shape index (κ2) is 7.48. The second-order valence-electron chi connectivity index (χ2n) is 6.59. The summed E-state index contributed by atoms with van der Waals surface area (Å²) in [7, 11) is 0. The van der Waals surface area contributed by atoms with E-state index in [1.807, 2.05) is 0 Å². The number of nitrogens with zero attached hydrogens (tertiary/aromatic N) is 2. The van der Waals surface area contributed by atoms with Crippen molar-refractivity contribution in [2.75, 3.05) is 5.32 Å². The van der Waals surface area contributed by atoms with Crippen LogP contribution in [-0.2, 0) is 6.42 Å². The van der Waals surface area contributed by atoms with Gasteiger partial charge in [-0.05, 0) is 54.3 Å². The van der Waals surface area contributed by atoms with Crippen LogP contribution in [0.1, 0.15) is 44.3 Å². The highest BCUT2D eigenvalue weighted by atomic mass is 35.5. The van der Waals surface area contributed by atoms with Crippen molar-refractivity contribution in [3.05, 3.63) is 88.0 Å². The zero-order chi connectivity index (χ0) is 19.7. The quantitative estimate of drug-likeness (QED) is 0.711. The van der Waals surface area contributed by atoms with Gasteiger partial charge >= 0.3 is 0 Å². The van der Waals surface area contributed by atoms with Gasteiger partial charge in [0.05, 0.1) is 11.3 Å². The molecule has 1 N–H and O–H groups in total. The molecule has 0 radical (unpaired) electrons. The first-order valence-corrected chi connectivity index (χ1v) is 9.09. The molecular weight excluding hydrogens is 381 g/mol. The van der Waals surface area contributed by atoms with E-state index in [1.165, 1.54) is 18.3 Å². The molecule has 0 fully saturated rings. The highest BCUT2D eigenvalue weighted by Gasteiger charge is 2.28. The smallest absolute Gasteiger partial charge is 0.258 e. The van der Waals surface area contributed by atoms with Crippen molar-refractivity contribution in [1.82, 2.24) is 9.97 Å². The molecule has 1 aliphatic rings. The van der Waals surface area contributed by atoms with Gasteiger partial charge in [-0.25, -0.2) is 14.4 Å². The van der Waals surface area contributed by atoms with Crippen molar-refractivity contribution < 1.29 is 14.0 Å². The maximum Gasteiger partial charge on any atom is 0.258 e. The number of fused-ring (bicyclic) bond motifs is 1. The minimum Gasteiger partial charge on any atom is -0.294 e. The maximum atomic E-state index is 13.2. The number of nitrogens with one attached hydrogen (secondary N) is 1. The summed E-state index contributed by atoms with van der Waals surface area (Å²) in [4.78, 5) is 33.3. The summed E-state index contributed by atoms with van der Waals surface area (Å²) in [6.07, 6.45) is 2.28. The molecule has 28 heavy (non-hydrogen) atoms. The van der Waals surface area contributed by atoms with Gasteiger partial charge in [-0.15, -0.1) is 0 Å². The second-order valence-corrected chi connectivity index (χ2v) is 7.03. The number of benzene rings is 2. The number of carbonyl (C=O) groups excluding carboxylic acids is 2. The van der Waals surface area contributed by atoms with E-state index in [-0.39, 0.29) is 29.4 Å². The van der Waals surface area contributed by atoms with Gasteiger partial charge in [0.15, 0.2) is 5.78 Å². The van der Waals surface area contributed by atoms with E-state index in [0.29, 0.717) is 34.7 Å². The Labute approximate surface area is 165 Å². The fourth-order valence-electron chi connectivity index (χ4n) is 3.25. The van der Waals surface area contributed by atoms with E-state index in [9.17, 15) is 14.0 Å². The number of anilines is 1. The molecule has 3 aromatic rings. The largest absolute Gasteiger partial charge is 0.294 e. The van der Waals surface area contributed by atoms with Gasteiger partial charge in [0.2, 0.25) is 5.95 Å². The van der Waals surface area contributed by atoms with Crippen LogP contribution in [0.5, 0.6) is 0 Å². The molecule has 0 unspecified atom stereocenters. The summed E-state index contributed by atoms with van der Waals surface area (Å²) in [6.45, 7) is 0. The summed E-state index contributed by atoms with van der Waals surface area (Å²) in [6, 6.07) is 12.6. The first-order chi connectivity index (χ1) is 13.5. The van der Waals surface area contributed by atoms with Crippen LogP contribution in [0, 0.1) is 5.82 Å². The van der Waals surface area contributed by atoms with E-state index in [0.717, 1.165) is 5.56 Å². The number of ketones is 1. The molecule has 4 rings (SSSR count). The van der Waals surface area contributed by atoms with E-state index >= 15 is 0 Å². The topological polar surface area (TPSA) is 72.0 Å². The number of hydrogen-bond acceptors (Lipinski definition) is 4. The maximum absolute atomic E-state index is 13.2. The van der Waals surface area contributed by atoms with E-state index < -0.39 is 0 Å². The Morgan fingerprint density at radius 3 is 2.50 bits per heavy atom. The average molecular weight is 396 g/mol. The first-order valence-electron chi connectivity index (χ1n) is 8.71.